The molecule has 0 bridgehead atoms. The van der Waals surface area contributed by atoms with E-state index in [9.17, 15) is 9.18 Å². The number of rotatable bonds is 5. The number of nitrogens with zero attached hydrogens (tertiary/aromatic N) is 5. The summed E-state index contributed by atoms with van der Waals surface area (Å²) >= 11 is 0. The van der Waals surface area contributed by atoms with Gasteiger partial charge < -0.3 is 4.52 Å². The molecule has 9 heteroatoms. The minimum absolute atomic E-state index is 0.160. The Balaban J connectivity index is 1.66. The van der Waals surface area contributed by atoms with Gasteiger partial charge in [0.05, 0.1) is 18.0 Å². The van der Waals surface area contributed by atoms with Gasteiger partial charge in [0.15, 0.2) is 0 Å². The van der Waals surface area contributed by atoms with Crippen molar-refractivity contribution in [3.05, 3.63) is 53.4 Å². The number of hydrogen-bond donors (Lipinski definition) is 1. The van der Waals surface area contributed by atoms with Crippen LogP contribution in [0.5, 0.6) is 0 Å². The molecule has 3 aromatic rings. The molecule has 1 amide bonds. The fourth-order valence-corrected chi connectivity index (χ4v) is 2.04. The van der Waals surface area contributed by atoms with Crippen LogP contribution in [0, 0.1) is 12.9 Å². The fraction of sp³-hybridized carbons (Fsp3) is 0.188. The van der Waals surface area contributed by atoms with Crippen molar-refractivity contribution >= 4 is 12.1 Å². The van der Waals surface area contributed by atoms with Crippen LogP contribution in [-0.4, -0.2) is 32.0 Å². The van der Waals surface area contributed by atoms with Gasteiger partial charge in [-0.05, 0) is 13.8 Å². The van der Waals surface area contributed by atoms with E-state index in [4.69, 9.17) is 4.52 Å². The lowest BCUT2D eigenvalue weighted by Crippen LogP contribution is -2.18. The highest BCUT2D eigenvalue weighted by atomic mass is 19.1. The number of nitrogens with one attached hydrogen (secondary N) is 1. The molecule has 0 aliphatic rings. The first-order chi connectivity index (χ1) is 12.1. The number of hydrazone groups is 1. The lowest BCUT2D eigenvalue weighted by Gasteiger charge is -1.95. The zero-order valence-electron chi connectivity index (χ0n) is 13.6. The summed E-state index contributed by atoms with van der Waals surface area (Å²) in [4.78, 5) is 16.0. The SMILES string of the molecule is CCn1ncc(C=NNC(=O)c2nc(-c3ccc(C)cc3)no2)c1F. The minimum Gasteiger partial charge on any atom is -0.328 e. The summed E-state index contributed by atoms with van der Waals surface area (Å²) in [6, 6.07) is 7.46. The van der Waals surface area contributed by atoms with E-state index in [1.165, 1.54) is 10.9 Å². The third-order valence-electron chi connectivity index (χ3n) is 3.40. The number of hydrogen-bond acceptors (Lipinski definition) is 6. The van der Waals surface area contributed by atoms with E-state index in [2.05, 4.69) is 25.8 Å². The van der Waals surface area contributed by atoms with E-state index in [0.29, 0.717) is 12.4 Å². The predicted octanol–water partition coefficient (Wildman–Crippen LogP) is 2.16. The van der Waals surface area contributed by atoms with Crippen LogP contribution in [0.2, 0.25) is 0 Å². The van der Waals surface area contributed by atoms with Gasteiger partial charge in [-0.2, -0.15) is 19.6 Å². The average Bonchev–Trinajstić information content (AvgIpc) is 3.23. The summed E-state index contributed by atoms with van der Waals surface area (Å²) in [5.74, 6) is -1.16. The summed E-state index contributed by atoms with van der Waals surface area (Å²) in [7, 11) is 0. The Kier molecular flexibility index (Phi) is 4.64. The van der Waals surface area contributed by atoms with Gasteiger partial charge >= 0.3 is 11.8 Å². The number of carbonyl (C=O) groups excluding carboxylic acids is 1. The number of carbonyl (C=O) groups is 1. The lowest BCUT2D eigenvalue weighted by atomic mass is 10.1. The second-order valence-electron chi connectivity index (χ2n) is 5.19. The summed E-state index contributed by atoms with van der Waals surface area (Å²) < 4.78 is 19.9. The summed E-state index contributed by atoms with van der Waals surface area (Å²) in [5, 5.41) is 11.3. The average molecular weight is 342 g/mol. The highest BCUT2D eigenvalue weighted by Gasteiger charge is 2.15. The van der Waals surface area contributed by atoms with Crippen molar-refractivity contribution in [2.75, 3.05) is 0 Å². The minimum atomic E-state index is -0.689. The van der Waals surface area contributed by atoms with Gasteiger partial charge in [-0.25, -0.2) is 10.1 Å². The third kappa shape index (κ3) is 3.60. The van der Waals surface area contributed by atoms with E-state index in [1.54, 1.807) is 6.92 Å². The van der Waals surface area contributed by atoms with E-state index < -0.39 is 11.9 Å². The number of aromatic nitrogens is 4. The number of benzene rings is 1. The maximum Gasteiger partial charge on any atom is 0.329 e. The molecule has 25 heavy (non-hydrogen) atoms. The zero-order valence-corrected chi connectivity index (χ0v) is 13.6. The second-order valence-corrected chi connectivity index (χ2v) is 5.19. The van der Waals surface area contributed by atoms with Gasteiger partial charge in [0.2, 0.25) is 11.8 Å². The normalized spacial score (nSPS) is 11.2. The van der Waals surface area contributed by atoms with E-state index in [-0.39, 0.29) is 11.5 Å². The maximum atomic E-state index is 13.8. The second kappa shape index (κ2) is 7.04. The summed E-state index contributed by atoms with van der Waals surface area (Å²) in [6.07, 6.45) is 2.47. The van der Waals surface area contributed by atoms with Crippen molar-refractivity contribution in [2.45, 2.75) is 20.4 Å². The Labute approximate surface area is 142 Å². The quantitative estimate of drug-likeness (QED) is 0.566. The molecule has 3 rings (SSSR count). The van der Waals surface area contributed by atoms with Crippen LogP contribution in [-0.2, 0) is 6.54 Å². The Bertz CT molecular complexity index is 913. The maximum absolute atomic E-state index is 13.8. The van der Waals surface area contributed by atoms with Crippen LogP contribution in [0.3, 0.4) is 0 Å². The monoisotopic (exact) mass is 342 g/mol. The van der Waals surface area contributed by atoms with Crippen molar-refractivity contribution in [3.8, 4) is 11.4 Å². The van der Waals surface area contributed by atoms with Crippen LogP contribution >= 0.6 is 0 Å². The van der Waals surface area contributed by atoms with Crippen LogP contribution in [0.25, 0.3) is 11.4 Å². The van der Waals surface area contributed by atoms with Crippen LogP contribution in [0.4, 0.5) is 4.39 Å². The molecular weight excluding hydrogens is 327 g/mol. The van der Waals surface area contributed by atoms with Crippen molar-refractivity contribution in [3.63, 3.8) is 0 Å². The highest BCUT2D eigenvalue weighted by molar-refractivity contribution is 5.91. The first-order valence-corrected chi connectivity index (χ1v) is 7.54. The molecule has 0 fully saturated rings. The summed E-state index contributed by atoms with van der Waals surface area (Å²) in [6.45, 7) is 4.12. The fourth-order valence-electron chi connectivity index (χ4n) is 2.04. The van der Waals surface area contributed by atoms with Gasteiger partial charge in [0.1, 0.15) is 0 Å². The molecule has 2 aromatic heterocycles. The Morgan fingerprint density at radius 2 is 2.16 bits per heavy atom. The van der Waals surface area contributed by atoms with Crippen molar-refractivity contribution < 1.29 is 13.7 Å². The number of aryl methyl sites for hydroxylation is 2. The standard InChI is InChI=1S/C16H15FN6O2/c1-3-23-13(17)12(9-19-23)8-18-21-15(24)16-20-14(22-25-16)11-6-4-10(2)5-7-11/h4-9H,3H2,1-2H3,(H,21,24). The van der Waals surface area contributed by atoms with Crippen molar-refractivity contribution in [1.82, 2.24) is 25.3 Å². The van der Waals surface area contributed by atoms with Gasteiger partial charge in [0.25, 0.3) is 0 Å². The molecule has 8 nitrogen and oxygen atoms in total. The van der Waals surface area contributed by atoms with Crippen LogP contribution in [0.1, 0.15) is 28.7 Å². The Morgan fingerprint density at radius 1 is 1.40 bits per heavy atom. The molecule has 0 saturated carbocycles. The molecule has 128 valence electrons. The lowest BCUT2D eigenvalue weighted by molar-refractivity contribution is 0.0911. The molecule has 0 atom stereocenters. The largest absolute Gasteiger partial charge is 0.329 e. The smallest absolute Gasteiger partial charge is 0.328 e. The van der Waals surface area contributed by atoms with Gasteiger partial charge in [-0.15, -0.1) is 0 Å². The molecule has 0 aliphatic heterocycles. The Morgan fingerprint density at radius 3 is 2.84 bits per heavy atom. The molecule has 1 aromatic carbocycles. The molecule has 0 aliphatic carbocycles. The first kappa shape index (κ1) is 16.5. The van der Waals surface area contributed by atoms with Gasteiger partial charge in [-0.1, -0.05) is 35.0 Å². The molecular formula is C16H15FN6O2. The predicted molar refractivity (Wildman–Crippen MR) is 87.4 cm³/mol. The van der Waals surface area contributed by atoms with Gasteiger partial charge in [0, 0.05) is 12.1 Å². The van der Waals surface area contributed by atoms with E-state index in [1.807, 2.05) is 31.2 Å². The molecule has 0 radical (unpaired) electrons. The van der Waals surface area contributed by atoms with Crippen LogP contribution < -0.4 is 5.43 Å². The topological polar surface area (TPSA) is 98.2 Å². The van der Waals surface area contributed by atoms with Gasteiger partial charge in [-0.3, -0.25) is 4.79 Å². The van der Waals surface area contributed by atoms with Crippen molar-refractivity contribution in [1.29, 1.82) is 0 Å². The van der Waals surface area contributed by atoms with E-state index in [0.717, 1.165) is 17.3 Å². The van der Waals surface area contributed by atoms with Crippen molar-refractivity contribution in [2.24, 2.45) is 5.10 Å². The number of amides is 1. The zero-order chi connectivity index (χ0) is 17.8. The Hall–Kier alpha value is -3.36. The molecule has 2 heterocycles. The molecule has 0 spiro atoms. The molecule has 0 unspecified atom stereocenters. The summed E-state index contributed by atoms with van der Waals surface area (Å²) in [5.41, 5.74) is 4.19. The van der Waals surface area contributed by atoms with Crippen LogP contribution in [0.15, 0.2) is 40.1 Å². The molecule has 1 N–H and O–H groups in total. The number of halogens is 1. The first-order valence-electron chi connectivity index (χ1n) is 7.54. The molecule has 0 saturated heterocycles. The van der Waals surface area contributed by atoms with E-state index >= 15 is 0 Å². The highest BCUT2D eigenvalue weighted by Crippen LogP contribution is 2.16. The third-order valence-corrected chi connectivity index (χ3v) is 3.40.